The van der Waals surface area contributed by atoms with E-state index in [1.165, 1.54) is 5.56 Å². The Morgan fingerprint density at radius 2 is 2.05 bits per heavy atom. The van der Waals surface area contributed by atoms with Crippen molar-refractivity contribution in [2.45, 2.75) is 38.7 Å². The molecule has 0 saturated carbocycles. The average Bonchev–Trinajstić information content (AvgIpc) is 2.76. The molecule has 0 amide bonds. The predicted molar refractivity (Wildman–Crippen MR) is 74.3 cm³/mol. The molecule has 1 N–H and O–H groups in total. The molecule has 1 fully saturated rings. The van der Waals surface area contributed by atoms with Crippen LogP contribution in [-0.2, 0) is 9.47 Å². The van der Waals surface area contributed by atoms with Crippen LogP contribution in [0.25, 0.3) is 0 Å². The van der Waals surface area contributed by atoms with Crippen molar-refractivity contribution in [3.05, 3.63) is 29.8 Å². The van der Waals surface area contributed by atoms with Crippen LogP contribution in [0.2, 0.25) is 0 Å². The van der Waals surface area contributed by atoms with Crippen molar-refractivity contribution in [2.24, 2.45) is 0 Å². The van der Waals surface area contributed by atoms with Gasteiger partial charge >= 0.3 is 0 Å². The van der Waals surface area contributed by atoms with E-state index >= 15 is 0 Å². The molecule has 0 aliphatic carbocycles. The summed E-state index contributed by atoms with van der Waals surface area (Å²) in [5, 5.41) is 3.47. The zero-order valence-corrected chi connectivity index (χ0v) is 12.1. The molecule has 0 spiro atoms. The van der Waals surface area contributed by atoms with Crippen LogP contribution in [0.3, 0.4) is 0 Å². The Hall–Kier alpha value is -1.10. The predicted octanol–water partition coefficient (Wildman–Crippen LogP) is 2.50. The second-order valence-electron chi connectivity index (χ2n) is 5.35. The summed E-state index contributed by atoms with van der Waals surface area (Å²) in [6.45, 7) is 7.47. The van der Waals surface area contributed by atoms with Crippen molar-refractivity contribution in [3.63, 3.8) is 0 Å². The largest absolute Gasteiger partial charge is 0.497 e. The van der Waals surface area contributed by atoms with E-state index in [1.54, 1.807) is 7.11 Å². The van der Waals surface area contributed by atoms with Crippen molar-refractivity contribution >= 4 is 0 Å². The third kappa shape index (κ3) is 3.93. The van der Waals surface area contributed by atoms with Crippen LogP contribution in [0.4, 0.5) is 0 Å². The van der Waals surface area contributed by atoms with Gasteiger partial charge in [0, 0.05) is 12.6 Å². The van der Waals surface area contributed by atoms with Gasteiger partial charge in [-0.25, -0.2) is 0 Å². The lowest BCUT2D eigenvalue weighted by Crippen LogP contribution is -2.32. The first-order chi connectivity index (χ1) is 9.00. The molecule has 4 nitrogen and oxygen atoms in total. The fourth-order valence-corrected chi connectivity index (χ4v) is 2.18. The second kappa shape index (κ2) is 5.90. The van der Waals surface area contributed by atoms with Crippen LogP contribution >= 0.6 is 0 Å². The maximum Gasteiger partial charge on any atom is 0.163 e. The van der Waals surface area contributed by atoms with Gasteiger partial charge in [-0.05, 0) is 38.5 Å². The molecule has 1 aliphatic rings. The summed E-state index contributed by atoms with van der Waals surface area (Å²) >= 11 is 0. The first kappa shape index (κ1) is 14.3. The van der Waals surface area contributed by atoms with Gasteiger partial charge in [-0.1, -0.05) is 12.1 Å². The number of ether oxygens (including phenoxy) is 3. The lowest BCUT2D eigenvalue weighted by atomic mass is 10.1. The highest BCUT2D eigenvalue weighted by Crippen LogP contribution is 2.23. The van der Waals surface area contributed by atoms with Gasteiger partial charge in [0.25, 0.3) is 0 Å². The Morgan fingerprint density at radius 1 is 1.37 bits per heavy atom. The maximum atomic E-state index is 5.77. The lowest BCUT2D eigenvalue weighted by Gasteiger charge is -2.19. The monoisotopic (exact) mass is 265 g/mol. The minimum absolute atomic E-state index is 0.121. The minimum atomic E-state index is -0.449. The number of methoxy groups -OCH3 is 1. The first-order valence-electron chi connectivity index (χ1n) is 6.69. The molecule has 1 aromatic rings. The Bertz CT molecular complexity index is 402. The Morgan fingerprint density at radius 3 is 2.58 bits per heavy atom. The second-order valence-corrected chi connectivity index (χ2v) is 5.35. The normalized spacial score (nSPS) is 23.3. The molecule has 106 valence electrons. The molecule has 2 atom stereocenters. The van der Waals surface area contributed by atoms with E-state index in [0.717, 1.165) is 12.3 Å². The molecule has 19 heavy (non-hydrogen) atoms. The summed E-state index contributed by atoms with van der Waals surface area (Å²) in [5.74, 6) is 0.431. The summed E-state index contributed by atoms with van der Waals surface area (Å²) in [6, 6.07) is 8.38. The summed E-state index contributed by atoms with van der Waals surface area (Å²) in [5.41, 5.74) is 1.24. The summed E-state index contributed by atoms with van der Waals surface area (Å²) in [4.78, 5) is 0. The number of nitrogens with one attached hydrogen (secondary N) is 1. The molecule has 2 rings (SSSR count). The Labute approximate surface area is 115 Å². The molecule has 1 aliphatic heterocycles. The average molecular weight is 265 g/mol. The number of benzene rings is 1. The highest BCUT2D eigenvalue weighted by molar-refractivity contribution is 5.28. The third-order valence-electron chi connectivity index (χ3n) is 3.33. The maximum absolute atomic E-state index is 5.77. The van der Waals surface area contributed by atoms with Gasteiger partial charge in [-0.3, -0.25) is 0 Å². The molecule has 1 heterocycles. The SMILES string of the molecule is COc1ccc(C(C)NCC2COC(C)(C)O2)cc1. The molecular weight excluding hydrogens is 242 g/mol. The van der Waals surface area contributed by atoms with Crippen molar-refractivity contribution < 1.29 is 14.2 Å². The molecule has 1 saturated heterocycles. The van der Waals surface area contributed by atoms with E-state index in [4.69, 9.17) is 14.2 Å². The van der Waals surface area contributed by atoms with Crippen molar-refractivity contribution in [1.29, 1.82) is 0 Å². The summed E-state index contributed by atoms with van der Waals surface area (Å²) < 4.78 is 16.5. The standard InChI is InChI=1S/C15H23NO3/c1-11(12-5-7-13(17-4)8-6-12)16-9-14-10-18-15(2,3)19-14/h5-8,11,14,16H,9-10H2,1-4H3. The van der Waals surface area contributed by atoms with Crippen molar-refractivity contribution in [3.8, 4) is 5.75 Å². The van der Waals surface area contributed by atoms with Crippen LogP contribution in [0.5, 0.6) is 5.75 Å². The van der Waals surface area contributed by atoms with Gasteiger partial charge < -0.3 is 19.5 Å². The third-order valence-corrected chi connectivity index (χ3v) is 3.33. The zero-order chi connectivity index (χ0) is 13.9. The number of hydrogen-bond donors (Lipinski definition) is 1. The Kier molecular flexibility index (Phi) is 4.45. The number of rotatable bonds is 5. The van der Waals surface area contributed by atoms with E-state index in [2.05, 4.69) is 24.4 Å². The van der Waals surface area contributed by atoms with Crippen molar-refractivity contribution in [1.82, 2.24) is 5.32 Å². The highest BCUT2D eigenvalue weighted by atomic mass is 16.7. The fourth-order valence-electron chi connectivity index (χ4n) is 2.18. The van der Waals surface area contributed by atoms with Crippen LogP contribution in [-0.4, -0.2) is 32.2 Å². The van der Waals surface area contributed by atoms with Gasteiger partial charge in [0.15, 0.2) is 5.79 Å². The van der Waals surface area contributed by atoms with E-state index in [-0.39, 0.29) is 12.1 Å². The quantitative estimate of drug-likeness (QED) is 0.888. The zero-order valence-electron chi connectivity index (χ0n) is 12.1. The van der Waals surface area contributed by atoms with Gasteiger partial charge in [0.05, 0.1) is 19.8 Å². The molecule has 0 radical (unpaired) electrons. The molecular formula is C15H23NO3. The van der Waals surface area contributed by atoms with E-state index < -0.39 is 5.79 Å². The van der Waals surface area contributed by atoms with Crippen LogP contribution < -0.4 is 10.1 Å². The minimum Gasteiger partial charge on any atom is -0.497 e. The van der Waals surface area contributed by atoms with E-state index in [1.807, 2.05) is 26.0 Å². The van der Waals surface area contributed by atoms with E-state index in [9.17, 15) is 0 Å². The van der Waals surface area contributed by atoms with Crippen molar-refractivity contribution in [2.75, 3.05) is 20.3 Å². The number of hydrogen-bond acceptors (Lipinski definition) is 4. The topological polar surface area (TPSA) is 39.7 Å². The summed E-state index contributed by atoms with van der Waals surface area (Å²) in [6.07, 6.45) is 0.121. The Balaban J connectivity index is 1.82. The molecule has 2 unspecified atom stereocenters. The molecule has 0 aromatic heterocycles. The van der Waals surface area contributed by atoms with Gasteiger partial charge in [0.1, 0.15) is 5.75 Å². The van der Waals surface area contributed by atoms with Gasteiger partial charge in [-0.15, -0.1) is 0 Å². The first-order valence-corrected chi connectivity index (χ1v) is 6.69. The van der Waals surface area contributed by atoms with Gasteiger partial charge in [-0.2, -0.15) is 0 Å². The highest BCUT2D eigenvalue weighted by Gasteiger charge is 2.32. The summed E-state index contributed by atoms with van der Waals surface area (Å²) in [7, 11) is 1.68. The fraction of sp³-hybridized carbons (Fsp3) is 0.600. The molecule has 1 aromatic carbocycles. The molecule has 0 bridgehead atoms. The van der Waals surface area contributed by atoms with Gasteiger partial charge in [0.2, 0.25) is 0 Å². The van der Waals surface area contributed by atoms with Crippen LogP contribution in [0, 0.1) is 0 Å². The smallest absolute Gasteiger partial charge is 0.163 e. The van der Waals surface area contributed by atoms with Crippen LogP contribution in [0.1, 0.15) is 32.4 Å². The molecule has 4 heteroatoms. The lowest BCUT2D eigenvalue weighted by molar-refractivity contribution is -0.137. The van der Waals surface area contributed by atoms with Crippen LogP contribution in [0.15, 0.2) is 24.3 Å². The van der Waals surface area contributed by atoms with E-state index in [0.29, 0.717) is 6.61 Å².